The molecule has 0 aromatic carbocycles. The molecule has 3 heteroatoms. The van der Waals surface area contributed by atoms with Crippen LogP contribution >= 0.6 is 0 Å². The molecular formula is C10H20O3. The van der Waals surface area contributed by atoms with E-state index in [-0.39, 0.29) is 6.61 Å². The first-order valence-corrected chi connectivity index (χ1v) is 4.51. The van der Waals surface area contributed by atoms with Crippen molar-refractivity contribution in [3.05, 3.63) is 12.2 Å². The number of carboxylic acid groups (broad SMARTS) is 1. The summed E-state index contributed by atoms with van der Waals surface area (Å²) in [6.45, 7) is 7.10. The average molecular weight is 188 g/mol. The Kier molecular flexibility index (Phi) is 12.6. The Bertz CT molecular complexity index is 137. The lowest BCUT2D eigenvalue weighted by molar-refractivity contribution is -0.134. The molecule has 3 nitrogen and oxygen atoms in total. The van der Waals surface area contributed by atoms with Crippen molar-refractivity contribution in [2.45, 2.75) is 39.5 Å². The van der Waals surface area contributed by atoms with Crippen molar-refractivity contribution in [3.63, 3.8) is 0 Å². The summed E-state index contributed by atoms with van der Waals surface area (Å²) >= 11 is 0. The van der Waals surface area contributed by atoms with Crippen molar-refractivity contribution in [2.24, 2.45) is 0 Å². The number of carbonyl (C=O) groups is 1. The second kappa shape index (κ2) is 11.2. The van der Waals surface area contributed by atoms with Gasteiger partial charge in [0.1, 0.15) is 0 Å². The number of hydrogen-bond donors (Lipinski definition) is 2. The van der Waals surface area contributed by atoms with Gasteiger partial charge in [0.25, 0.3) is 5.97 Å². The molecule has 0 amide bonds. The van der Waals surface area contributed by atoms with Crippen LogP contribution in [0.2, 0.25) is 0 Å². The molecule has 0 heterocycles. The Morgan fingerprint density at radius 3 is 2.15 bits per heavy atom. The molecule has 0 unspecified atom stereocenters. The minimum Gasteiger partial charge on any atom is -0.481 e. The number of hydrogen-bond acceptors (Lipinski definition) is 2. The van der Waals surface area contributed by atoms with E-state index in [0.29, 0.717) is 0 Å². The second-order valence-electron chi connectivity index (χ2n) is 2.88. The highest BCUT2D eigenvalue weighted by Crippen LogP contribution is 2.05. The fourth-order valence-corrected chi connectivity index (χ4v) is 0.704. The van der Waals surface area contributed by atoms with Gasteiger partial charge >= 0.3 is 0 Å². The van der Waals surface area contributed by atoms with E-state index < -0.39 is 5.97 Å². The molecule has 0 saturated carbocycles. The Labute approximate surface area is 80.1 Å². The molecule has 13 heavy (non-hydrogen) atoms. The quantitative estimate of drug-likeness (QED) is 0.513. The fraction of sp³-hybridized carbons (Fsp3) is 0.700. The summed E-state index contributed by atoms with van der Waals surface area (Å²) < 4.78 is 0. The normalized spacial score (nSPS) is 8.54. The van der Waals surface area contributed by atoms with Gasteiger partial charge in [-0.1, -0.05) is 31.9 Å². The molecule has 0 rings (SSSR count). The van der Waals surface area contributed by atoms with Crippen molar-refractivity contribution in [2.75, 3.05) is 6.61 Å². The zero-order valence-corrected chi connectivity index (χ0v) is 8.55. The molecular weight excluding hydrogens is 168 g/mol. The van der Waals surface area contributed by atoms with Crippen LogP contribution in [0.15, 0.2) is 12.2 Å². The third-order valence-electron chi connectivity index (χ3n) is 1.36. The fourth-order valence-electron chi connectivity index (χ4n) is 0.704. The monoisotopic (exact) mass is 188 g/mol. The number of aliphatic hydroxyl groups is 1. The van der Waals surface area contributed by atoms with E-state index in [4.69, 9.17) is 15.0 Å². The third-order valence-corrected chi connectivity index (χ3v) is 1.36. The van der Waals surface area contributed by atoms with Gasteiger partial charge in [-0.05, 0) is 12.8 Å². The first-order valence-electron chi connectivity index (χ1n) is 4.51. The summed E-state index contributed by atoms with van der Waals surface area (Å²) in [5.41, 5.74) is 0.962. The highest BCUT2D eigenvalue weighted by atomic mass is 16.4. The van der Waals surface area contributed by atoms with Crippen molar-refractivity contribution >= 4 is 5.97 Å². The van der Waals surface area contributed by atoms with Crippen molar-refractivity contribution in [1.82, 2.24) is 0 Å². The molecule has 2 N–H and O–H groups in total. The minimum atomic E-state index is -0.833. The SMILES string of the molecule is C=C(CO)CCCCC.CC(=O)O. The highest BCUT2D eigenvalue weighted by Gasteiger charge is 1.89. The molecule has 78 valence electrons. The summed E-state index contributed by atoms with van der Waals surface area (Å²) in [5, 5.41) is 16.0. The number of carboxylic acids is 1. The average Bonchev–Trinajstić information content (AvgIpc) is 2.03. The molecule has 0 spiro atoms. The molecule has 0 radical (unpaired) electrons. The predicted octanol–water partition coefficient (Wildman–Crippen LogP) is 2.21. The Hall–Kier alpha value is -0.830. The van der Waals surface area contributed by atoms with Crippen LogP contribution in [0.1, 0.15) is 39.5 Å². The van der Waals surface area contributed by atoms with Crippen molar-refractivity contribution < 1.29 is 15.0 Å². The standard InChI is InChI=1S/C8H16O.C2H4O2/c1-3-4-5-6-8(2)7-9;1-2(3)4/h9H,2-7H2,1H3;1H3,(H,3,4). The lowest BCUT2D eigenvalue weighted by atomic mass is 10.1. The van der Waals surface area contributed by atoms with E-state index in [9.17, 15) is 0 Å². The number of unbranched alkanes of at least 4 members (excludes halogenated alkanes) is 2. The first-order chi connectivity index (χ1) is 6.04. The summed E-state index contributed by atoms with van der Waals surface area (Å²) in [6.07, 6.45) is 4.65. The van der Waals surface area contributed by atoms with Gasteiger partial charge < -0.3 is 10.2 Å². The van der Waals surface area contributed by atoms with E-state index in [1.54, 1.807) is 0 Å². The maximum absolute atomic E-state index is 9.00. The van der Waals surface area contributed by atoms with E-state index >= 15 is 0 Å². The summed E-state index contributed by atoms with van der Waals surface area (Å²) in [5.74, 6) is -0.833. The van der Waals surface area contributed by atoms with E-state index in [0.717, 1.165) is 18.9 Å². The van der Waals surface area contributed by atoms with E-state index in [1.165, 1.54) is 19.3 Å². The van der Waals surface area contributed by atoms with Crippen LogP contribution in [-0.4, -0.2) is 22.8 Å². The van der Waals surface area contributed by atoms with Crippen molar-refractivity contribution in [3.8, 4) is 0 Å². The van der Waals surface area contributed by atoms with Gasteiger partial charge in [-0.3, -0.25) is 4.79 Å². The zero-order valence-electron chi connectivity index (χ0n) is 8.55. The largest absolute Gasteiger partial charge is 0.481 e. The zero-order chi connectivity index (χ0) is 10.7. The molecule has 0 aromatic heterocycles. The van der Waals surface area contributed by atoms with Crippen LogP contribution in [0.4, 0.5) is 0 Å². The maximum atomic E-state index is 9.00. The van der Waals surface area contributed by atoms with E-state index in [2.05, 4.69) is 13.5 Å². The van der Waals surface area contributed by atoms with Gasteiger partial charge in [0.15, 0.2) is 0 Å². The van der Waals surface area contributed by atoms with Gasteiger partial charge in [0.05, 0.1) is 6.61 Å². The molecule has 0 atom stereocenters. The van der Waals surface area contributed by atoms with Gasteiger partial charge in [-0.25, -0.2) is 0 Å². The Morgan fingerprint density at radius 2 is 1.85 bits per heavy atom. The van der Waals surface area contributed by atoms with Crippen LogP contribution < -0.4 is 0 Å². The smallest absolute Gasteiger partial charge is 0.300 e. The summed E-state index contributed by atoms with van der Waals surface area (Å²) in [6, 6.07) is 0. The molecule has 0 saturated heterocycles. The van der Waals surface area contributed by atoms with Crippen LogP contribution in [0.3, 0.4) is 0 Å². The van der Waals surface area contributed by atoms with Gasteiger partial charge in [0.2, 0.25) is 0 Å². The lowest BCUT2D eigenvalue weighted by Gasteiger charge is -1.98. The topological polar surface area (TPSA) is 57.5 Å². The Morgan fingerprint density at radius 1 is 1.38 bits per heavy atom. The van der Waals surface area contributed by atoms with Gasteiger partial charge in [-0.15, -0.1) is 0 Å². The number of rotatable bonds is 5. The maximum Gasteiger partial charge on any atom is 0.300 e. The molecule has 0 aliphatic rings. The van der Waals surface area contributed by atoms with Gasteiger partial charge in [-0.2, -0.15) is 0 Å². The minimum absolute atomic E-state index is 0.156. The first kappa shape index (κ1) is 14.7. The number of aliphatic carboxylic acids is 1. The number of aliphatic hydroxyl groups excluding tert-OH is 1. The molecule has 0 bridgehead atoms. The predicted molar refractivity (Wildman–Crippen MR) is 53.7 cm³/mol. The van der Waals surface area contributed by atoms with E-state index in [1.807, 2.05) is 0 Å². The molecule has 0 aliphatic carbocycles. The summed E-state index contributed by atoms with van der Waals surface area (Å²) in [7, 11) is 0. The van der Waals surface area contributed by atoms with Crippen LogP contribution in [0.25, 0.3) is 0 Å². The van der Waals surface area contributed by atoms with Crippen LogP contribution in [0.5, 0.6) is 0 Å². The Balaban J connectivity index is 0. The molecule has 0 aliphatic heterocycles. The molecule has 0 aromatic rings. The van der Waals surface area contributed by atoms with Crippen LogP contribution in [0, 0.1) is 0 Å². The molecule has 0 fully saturated rings. The van der Waals surface area contributed by atoms with Gasteiger partial charge in [0, 0.05) is 6.92 Å². The van der Waals surface area contributed by atoms with Crippen LogP contribution in [-0.2, 0) is 4.79 Å². The third kappa shape index (κ3) is 24.7. The van der Waals surface area contributed by atoms with Crippen molar-refractivity contribution in [1.29, 1.82) is 0 Å². The summed E-state index contributed by atoms with van der Waals surface area (Å²) in [4.78, 5) is 9.00. The second-order valence-corrected chi connectivity index (χ2v) is 2.88. The highest BCUT2D eigenvalue weighted by molar-refractivity contribution is 5.62. The lowest BCUT2D eigenvalue weighted by Crippen LogP contribution is -1.87.